The lowest BCUT2D eigenvalue weighted by Gasteiger charge is -2.29. The van der Waals surface area contributed by atoms with Crippen molar-refractivity contribution in [1.29, 1.82) is 0 Å². The Morgan fingerprint density at radius 3 is 2.70 bits per heavy atom. The van der Waals surface area contributed by atoms with E-state index in [4.69, 9.17) is 4.74 Å². The van der Waals surface area contributed by atoms with Crippen molar-refractivity contribution in [2.24, 2.45) is 0 Å². The topological polar surface area (TPSA) is 87.9 Å². The molecular weight excluding hydrogens is 300 g/mol. The third kappa shape index (κ3) is 2.94. The standard InChI is InChI=1S/C15H20N4O4/c1-2-17-4-3-16-12-10-13(18-5-7-23-8-6-18)14(19(21)22)9-11(12)15(17)20/h9-10,16H,2-8H2,1H3. The summed E-state index contributed by atoms with van der Waals surface area (Å²) in [7, 11) is 0. The van der Waals surface area contributed by atoms with Crippen LogP contribution in [0, 0.1) is 10.1 Å². The molecule has 8 heteroatoms. The number of hydrogen-bond acceptors (Lipinski definition) is 6. The summed E-state index contributed by atoms with van der Waals surface area (Å²) in [5, 5.41) is 14.7. The van der Waals surface area contributed by atoms with Gasteiger partial charge in [0, 0.05) is 44.5 Å². The Kier molecular flexibility index (Phi) is 4.33. The highest BCUT2D eigenvalue weighted by molar-refractivity contribution is 6.02. The molecule has 0 radical (unpaired) electrons. The molecule has 1 aromatic carbocycles. The smallest absolute Gasteiger partial charge is 0.293 e. The van der Waals surface area contributed by atoms with E-state index < -0.39 is 4.92 Å². The maximum atomic E-state index is 12.6. The molecule has 1 aromatic rings. The van der Waals surface area contributed by atoms with Gasteiger partial charge in [0.25, 0.3) is 11.6 Å². The summed E-state index contributed by atoms with van der Waals surface area (Å²) in [6.45, 7) is 6.01. The number of amides is 1. The minimum atomic E-state index is -0.417. The maximum Gasteiger partial charge on any atom is 0.293 e. The Morgan fingerprint density at radius 1 is 1.30 bits per heavy atom. The molecule has 0 bridgehead atoms. The number of hydrogen-bond donors (Lipinski definition) is 1. The average molecular weight is 320 g/mol. The molecule has 1 fully saturated rings. The van der Waals surface area contributed by atoms with Crippen LogP contribution in [0.25, 0.3) is 0 Å². The molecule has 1 saturated heterocycles. The largest absolute Gasteiger partial charge is 0.383 e. The van der Waals surface area contributed by atoms with Crippen LogP contribution < -0.4 is 10.2 Å². The number of nitro benzene ring substituents is 1. The Labute approximate surface area is 134 Å². The first-order chi connectivity index (χ1) is 11.1. The van der Waals surface area contributed by atoms with Crippen LogP contribution in [0.5, 0.6) is 0 Å². The fraction of sp³-hybridized carbons (Fsp3) is 0.533. The number of ether oxygens (including phenoxy) is 1. The quantitative estimate of drug-likeness (QED) is 0.667. The predicted molar refractivity (Wildman–Crippen MR) is 86.2 cm³/mol. The van der Waals surface area contributed by atoms with Gasteiger partial charge in [-0.2, -0.15) is 0 Å². The molecule has 1 amide bonds. The van der Waals surface area contributed by atoms with Crippen molar-refractivity contribution >= 4 is 23.0 Å². The monoisotopic (exact) mass is 320 g/mol. The maximum absolute atomic E-state index is 12.6. The molecule has 3 rings (SSSR count). The predicted octanol–water partition coefficient (Wildman–Crippen LogP) is 1.32. The molecule has 23 heavy (non-hydrogen) atoms. The molecule has 0 spiro atoms. The molecule has 2 aliphatic rings. The van der Waals surface area contributed by atoms with Gasteiger partial charge in [-0.1, -0.05) is 0 Å². The van der Waals surface area contributed by atoms with Crippen molar-refractivity contribution in [2.75, 3.05) is 56.2 Å². The number of morpholine rings is 1. The van der Waals surface area contributed by atoms with Gasteiger partial charge in [0.1, 0.15) is 5.69 Å². The third-order valence-electron chi connectivity index (χ3n) is 4.26. The van der Waals surface area contributed by atoms with Crippen LogP contribution in [-0.2, 0) is 4.74 Å². The van der Waals surface area contributed by atoms with Crippen molar-refractivity contribution in [3.8, 4) is 0 Å². The molecule has 0 atom stereocenters. The first-order valence-electron chi connectivity index (χ1n) is 7.80. The third-order valence-corrected chi connectivity index (χ3v) is 4.26. The number of carbonyl (C=O) groups excluding carboxylic acids is 1. The van der Waals surface area contributed by atoms with E-state index in [0.29, 0.717) is 62.9 Å². The summed E-state index contributed by atoms with van der Waals surface area (Å²) in [6, 6.07) is 3.14. The van der Waals surface area contributed by atoms with Crippen LogP contribution in [0.3, 0.4) is 0 Å². The summed E-state index contributed by atoms with van der Waals surface area (Å²) < 4.78 is 5.31. The molecule has 0 unspecified atom stereocenters. The number of rotatable bonds is 3. The second-order valence-corrected chi connectivity index (χ2v) is 5.55. The van der Waals surface area contributed by atoms with Crippen LogP contribution >= 0.6 is 0 Å². The number of benzene rings is 1. The molecule has 1 N–H and O–H groups in total. The molecule has 124 valence electrons. The van der Waals surface area contributed by atoms with Gasteiger partial charge in [-0.3, -0.25) is 14.9 Å². The summed E-state index contributed by atoms with van der Waals surface area (Å²) in [4.78, 5) is 27.3. The SMILES string of the molecule is CCN1CCNc2cc(N3CCOCC3)c([N+](=O)[O-])cc2C1=O. The number of carbonyl (C=O) groups is 1. The van der Waals surface area contributed by atoms with Gasteiger partial charge >= 0.3 is 0 Å². The van der Waals surface area contributed by atoms with E-state index in [1.54, 1.807) is 11.0 Å². The van der Waals surface area contributed by atoms with Gasteiger partial charge in [0.2, 0.25) is 0 Å². The average Bonchev–Trinajstić information content (AvgIpc) is 2.73. The van der Waals surface area contributed by atoms with Gasteiger partial charge < -0.3 is 19.9 Å². The lowest BCUT2D eigenvalue weighted by molar-refractivity contribution is -0.384. The zero-order valence-corrected chi connectivity index (χ0v) is 13.1. The van der Waals surface area contributed by atoms with Crippen LogP contribution in [0.15, 0.2) is 12.1 Å². The van der Waals surface area contributed by atoms with Crippen molar-refractivity contribution in [3.05, 3.63) is 27.8 Å². The van der Waals surface area contributed by atoms with Gasteiger partial charge in [0.15, 0.2) is 0 Å². The highest BCUT2D eigenvalue weighted by atomic mass is 16.6. The van der Waals surface area contributed by atoms with Gasteiger partial charge in [-0.05, 0) is 13.0 Å². The zero-order valence-electron chi connectivity index (χ0n) is 13.1. The minimum Gasteiger partial charge on any atom is -0.383 e. The summed E-state index contributed by atoms with van der Waals surface area (Å²) >= 11 is 0. The lowest BCUT2D eigenvalue weighted by atomic mass is 10.1. The molecule has 2 aliphatic heterocycles. The van der Waals surface area contributed by atoms with Crippen molar-refractivity contribution in [2.45, 2.75) is 6.92 Å². The molecule has 0 saturated carbocycles. The number of fused-ring (bicyclic) bond motifs is 1. The Hall–Kier alpha value is -2.35. The number of nitro groups is 1. The van der Waals surface area contributed by atoms with Gasteiger partial charge in [0.05, 0.1) is 23.7 Å². The van der Waals surface area contributed by atoms with Gasteiger partial charge in [-0.25, -0.2) is 0 Å². The highest BCUT2D eigenvalue weighted by Gasteiger charge is 2.29. The Bertz CT molecular complexity index is 628. The molecule has 2 heterocycles. The second-order valence-electron chi connectivity index (χ2n) is 5.55. The van der Waals surface area contributed by atoms with E-state index in [9.17, 15) is 14.9 Å². The van der Waals surface area contributed by atoms with Crippen LogP contribution in [0.1, 0.15) is 17.3 Å². The first kappa shape index (κ1) is 15.5. The van der Waals surface area contributed by atoms with E-state index in [-0.39, 0.29) is 11.6 Å². The molecule has 0 aromatic heterocycles. The van der Waals surface area contributed by atoms with Gasteiger partial charge in [-0.15, -0.1) is 0 Å². The number of likely N-dealkylation sites (N-methyl/N-ethyl adjacent to an activating group) is 1. The van der Waals surface area contributed by atoms with E-state index in [2.05, 4.69) is 5.32 Å². The van der Waals surface area contributed by atoms with E-state index in [1.165, 1.54) is 6.07 Å². The first-order valence-corrected chi connectivity index (χ1v) is 7.80. The lowest BCUT2D eigenvalue weighted by Crippen LogP contribution is -2.36. The zero-order chi connectivity index (χ0) is 16.4. The Morgan fingerprint density at radius 2 is 2.04 bits per heavy atom. The number of nitrogens with one attached hydrogen (secondary N) is 1. The van der Waals surface area contributed by atoms with E-state index in [1.807, 2.05) is 11.8 Å². The minimum absolute atomic E-state index is 0.0289. The van der Waals surface area contributed by atoms with Crippen LogP contribution in [0.2, 0.25) is 0 Å². The van der Waals surface area contributed by atoms with Crippen LogP contribution in [0.4, 0.5) is 17.1 Å². The fourth-order valence-corrected chi connectivity index (χ4v) is 3.00. The Balaban J connectivity index is 2.07. The molecule has 0 aliphatic carbocycles. The van der Waals surface area contributed by atoms with E-state index >= 15 is 0 Å². The number of nitrogens with zero attached hydrogens (tertiary/aromatic N) is 3. The fourth-order valence-electron chi connectivity index (χ4n) is 3.00. The summed E-state index contributed by atoms with van der Waals surface area (Å²) in [5.74, 6) is -0.163. The normalized spacial score (nSPS) is 18.2. The second kappa shape index (κ2) is 6.41. The molecular formula is C15H20N4O4. The van der Waals surface area contributed by atoms with Crippen LogP contribution in [-0.4, -0.2) is 61.7 Å². The number of anilines is 2. The van der Waals surface area contributed by atoms with Crippen molar-refractivity contribution in [1.82, 2.24) is 4.90 Å². The molecule has 8 nitrogen and oxygen atoms in total. The van der Waals surface area contributed by atoms with Crippen molar-refractivity contribution < 1.29 is 14.5 Å². The summed E-state index contributed by atoms with van der Waals surface area (Å²) in [5.41, 5.74) is 1.55. The van der Waals surface area contributed by atoms with Crippen molar-refractivity contribution in [3.63, 3.8) is 0 Å². The van der Waals surface area contributed by atoms with E-state index in [0.717, 1.165) is 0 Å². The summed E-state index contributed by atoms with van der Waals surface area (Å²) in [6.07, 6.45) is 0. The highest BCUT2D eigenvalue weighted by Crippen LogP contribution is 2.35.